The summed E-state index contributed by atoms with van der Waals surface area (Å²) in [5.41, 5.74) is 1.23. The lowest BCUT2D eigenvalue weighted by molar-refractivity contribution is 0.180. The van der Waals surface area contributed by atoms with Crippen LogP contribution >= 0.6 is 45.9 Å². The van der Waals surface area contributed by atoms with Crippen molar-refractivity contribution in [2.45, 2.75) is 12.2 Å². The summed E-state index contributed by atoms with van der Waals surface area (Å²) in [6, 6.07) is 0. The van der Waals surface area contributed by atoms with Crippen molar-refractivity contribution < 1.29 is 10.2 Å². The average Bonchev–Trinajstić information content (AvgIpc) is 2.80. The highest BCUT2D eigenvalue weighted by molar-refractivity contribution is 7.12. The zero-order valence-electron chi connectivity index (χ0n) is 7.78. The van der Waals surface area contributed by atoms with Gasteiger partial charge in [-0.05, 0) is 0 Å². The molecule has 0 saturated heterocycles. The van der Waals surface area contributed by atoms with Crippen LogP contribution in [-0.2, 0) is 0 Å². The van der Waals surface area contributed by atoms with Crippen LogP contribution in [0.25, 0.3) is 0 Å². The van der Waals surface area contributed by atoms with E-state index in [0.29, 0.717) is 30.9 Å². The maximum Gasteiger partial charge on any atom is 0.116 e. The fourth-order valence-electron chi connectivity index (χ4n) is 1.94. The second-order valence-corrected chi connectivity index (χ2v) is 6.17. The predicted molar refractivity (Wildman–Crippen MR) is 66.8 cm³/mol. The molecule has 2 aromatic heterocycles. The second-order valence-electron chi connectivity index (χ2n) is 3.53. The van der Waals surface area contributed by atoms with Gasteiger partial charge < -0.3 is 10.2 Å². The van der Waals surface area contributed by atoms with E-state index < -0.39 is 12.2 Å². The van der Waals surface area contributed by atoms with Crippen LogP contribution in [0.15, 0.2) is 10.8 Å². The number of aliphatic hydroxyl groups excluding tert-OH is 2. The molecule has 0 amide bonds. The Balaban J connectivity index is 2.29. The minimum Gasteiger partial charge on any atom is -0.383 e. The molecular weight excluding hydrogens is 287 g/mol. The van der Waals surface area contributed by atoms with E-state index in [-0.39, 0.29) is 0 Å². The van der Waals surface area contributed by atoms with Gasteiger partial charge in [-0.25, -0.2) is 0 Å². The Hall–Kier alpha value is -0.100. The first kappa shape index (κ1) is 11.0. The van der Waals surface area contributed by atoms with Crippen LogP contribution in [0, 0.1) is 0 Å². The van der Waals surface area contributed by atoms with Crippen molar-refractivity contribution in [1.29, 1.82) is 0 Å². The Morgan fingerprint density at radius 2 is 1.25 bits per heavy atom. The van der Waals surface area contributed by atoms with E-state index in [2.05, 4.69) is 0 Å². The van der Waals surface area contributed by atoms with E-state index in [9.17, 15) is 10.2 Å². The molecule has 0 bridgehead atoms. The fourth-order valence-corrected chi connectivity index (χ4v) is 4.63. The van der Waals surface area contributed by atoms with Crippen molar-refractivity contribution in [3.05, 3.63) is 41.7 Å². The standard InChI is InChI=1S/C10H6Cl2O2S2/c11-3-1-15-9-5(3)7(13)10-6(8(9)14)4(12)2-16-10/h1-2,7-8,13-14H. The van der Waals surface area contributed by atoms with E-state index in [1.54, 1.807) is 10.8 Å². The highest BCUT2D eigenvalue weighted by atomic mass is 35.5. The van der Waals surface area contributed by atoms with Gasteiger partial charge in [-0.3, -0.25) is 0 Å². The van der Waals surface area contributed by atoms with E-state index in [0.717, 1.165) is 0 Å². The number of thiophene rings is 2. The van der Waals surface area contributed by atoms with Gasteiger partial charge in [0.2, 0.25) is 0 Å². The average molecular weight is 293 g/mol. The third-order valence-corrected chi connectivity index (χ3v) is 5.65. The van der Waals surface area contributed by atoms with Gasteiger partial charge >= 0.3 is 0 Å². The molecule has 6 heteroatoms. The molecule has 84 valence electrons. The molecule has 2 atom stereocenters. The summed E-state index contributed by atoms with van der Waals surface area (Å²) in [5, 5.41) is 24.8. The molecule has 2 aromatic rings. The minimum absolute atomic E-state index is 0.502. The van der Waals surface area contributed by atoms with Gasteiger partial charge in [-0.1, -0.05) is 23.2 Å². The number of halogens is 2. The van der Waals surface area contributed by atoms with Gasteiger partial charge in [0, 0.05) is 31.6 Å². The number of rotatable bonds is 0. The maximum absolute atomic E-state index is 10.2. The van der Waals surface area contributed by atoms with Crippen LogP contribution in [0.5, 0.6) is 0 Å². The largest absolute Gasteiger partial charge is 0.383 e. The normalized spacial score (nSPS) is 23.0. The Bertz CT molecular complexity index is 511. The molecule has 0 aromatic carbocycles. The van der Waals surface area contributed by atoms with E-state index >= 15 is 0 Å². The van der Waals surface area contributed by atoms with Crippen LogP contribution in [0.3, 0.4) is 0 Å². The molecule has 3 rings (SSSR count). The summed E-state index contributed by atoms with van der Waals surface area (Å²) in [6.07, 6.45) is -1.55. The van der Waals surface area contributed by atoms with Gasteiger partial charge in [0.1, 0.15) is 12.2 Å². The van der Waals surface area contributed by atoms with E-state index in [4.69, 9.17) is 23.2 Å². The number of hydrogen-bond donors (Lipinski definition) is 2. The van der Waals surface area contributed by atoms with Crippen molar-refractivity contribution in [3.8, 4) is 0 Å². The Morgan fingerprint density at radius 3 is 1.62 bits per heavy atom. The fraction of sp³-hybridized carbons (Fsp3) is 0.200. The number of fused-ring (bicyclic) bond motifs is 2. The van der Waals surface area contributed by atoms with Crippen LogP contribution in [0.4, 0.5) is 0 Å². The SMILES string of the molecule is OC1c2scc(Cl)c2C(O)c2scc(Cl)c21. The quantitative estimate of drug-likeness (QED) is 0.779. The lowest BCUT2D eigenvalue weighted by atomic mass is 9.93. The molecule has 0 aliphatic heterocycles. The second kappa shape index (κ2) is 3.70. The van der Waals surface area contributed by atoms with Gasteiger partial charge in [-0.2, -0.15) is 0 Å². The van der Waals surface area contributed by atoms with Crippen molar-refractivity contribution in [2.24, 2.45) is 0 Å². The van der Waals surface area contributed by atoms with Gasteiger partial charge in [0.25, 0.3) is 0 Å². The third-order valence-electron chi connectivity index (χ3n) is 2.67. The molecule has 2 unspecified atom stereocenters. The third kappa shape index (κ3) is 1.32. The number of aliphatic hydroxyl groups is 2. The first-order chi connectivity index (χ1) is 7.61. The van der Waals surface area contributed by atoms with Crippen LogP contribution in [0.1, 0.15) is 33.1 Å². The lowest BCUT2D eigenvalue weighted by Gasteiger charge is -2.23. The summed E-state index contributed by atoms with van der Waals surface area (Å²) >= 11 is 14.7. The smallest absolute Gasteiger partial charge is 0.116 e. The summed E-state index contributed by atoms with van der Waals surface area (Å²) in [5.74, 6) is 0. The first-order valence-corrected chi connectivity index (χ1v) is 7.02. The van der Waals surface area contributed by atoms with E-state index in [1.165, 1.54) is 22.7 Å². The summed E-state index contributed by atoms with van der Waals surface area (Å²) < 4.78 is 0. The first-order valence-electron chi connectivity index (χ1n) is 4.51. The molecule has 2 nitrogen and oxygen atoms in total. The van der Waals surface area contributed by atoms with Crippen LogP contribution in [-0.4, -0.2) is 10.2 Å². The molecule has 16 heavy (non-hydrogen) atoms. The molecule has 1 aliphatic rings. The lowest BCUT2D eigenvalue weighted by Crippen LogP contribution is -2.13. The van der Waals surface area contributed by atoms with Crippen molar-refractivity contribution >= 4 is 45.9 Å². The molecule has 0 fully saturated rings. The minimum atomic E-state index is -0.773. The summed E-state index contributed by atoms with van der Waals surface area (Å²) in [6.45, 7) is 0. The molecule has 0 spiro atoms. The van der Waals surface area contributed by atoms with Gasteiger partial charge in [-0.15, -0.1) is 22.7 Å². The molecule has 0 radical (unpaired) electrons. The predicted octanol–water partition coefficient (Wildman–Crippen LogP) is 3.59. The van der Waals surface area contributed by atoms with Crippen LogP contribution in [0.2, 0.25) is 10.0 Å². The maximum atomic E-state index is 10.2. The van der Waals surface area contributed by atoms with Crippen LogP contribution < -0.4 is 0 Å². The Labute approximate surface area is 110 Å². The summed E-state index contributed by atoms with van der Waals surface area (Å²) in [4.78, 5) is 1.37. The topological polar surface area (TPSA) is 40.5 Å². The van der Waals surface area contributed by atoms with Crippen molar-refractivity contribution in [3.63, 3.8) is 0 Å². The van der Waals surface area contributed by atoms with Crippen molar-refractivity contribution in [2.75, 3.05) is 0 Å². The Morgan fingerprint density at radius 1 is 0.875 bits per heavy atom. The van der Waals surface area contributed by atoms with Gasteiger partial charge in [0.05, 0.1) is 10.0 Å². The zero-order chi connectivity index (χ0) is 11.4. The molecule has 1 aliphatic carbocycles. The van der Waals surface area contributed by atoms with Crippen molar-refractivity contribution in [1.82, 2.24) is 0 Å². The monoisotopic (exact) mass is 292 g/mol. The Kier molecular flexibility index (Phi) is 2.55. The summed E-state index contributed by atoms with van der Waals surface area (Å²) in [7, 11) is 0. The zero-order valence-corrected chi connectivity index (χ0v) is 10.9. The highest BCUT2D eigenvalue weighted by Crippen LogP contribution is 2.51. The van der Waals surface area contributed by atoms with Gasteiger partial charge in [0.15, 0.2) is 0 Å². The molecular formula is C10H6Cl2O2S2. The molecule has 0 saturated carbocycles. The van der Waals surface area contributed by atoms with E-state index in [1.807, 2.05) is 0 Å². The molecule has 2 N–H and O–H groups in total. The highest BCUT2D eigenvalue weighted by Gasteiger charge is 2.36. The number of hydrogen-bond acceptors (Lipinski definition) is 4. The molecule has 2 heterocycles.